The van der Waals surface area contributed by atoms with E-state index in [0.29, 0.717) is 33.3 Å². The first kappa shape index (κ1) is 17.1. The Hall–Kier alpha value is -2.73. The van der Waals surface area contributed by atoms with Gasteiger partial charge in [0.1, 0.15) is 5.82 Å². The molecule has 2 aromatic carbocycles. The number of aryl methyl sites for hydroxylation is 1. The molecule has 2 N–H and O–H groups in total. The Kier molecular flexibility index (Phi) is 4.81. The normalized spacial score (nSPS) is 10.8. The molecule has 0 aliphatic rings. The van der Waals surface area contributed by atoms with Crippen LogP contribution in [0, 0.1) is 12.7 Å². The van der Waals surface area contributed by atoms with Crippen LogP contribution in [0.5, 0.6) is 0 Å². The van der Waals surface area contributed by atoms with Crippen LogP contribution in [-0.2, 0) is 4.79 Å². The topological polar surface area (TPSA) is 75.1 Å². The van der Waals surface area contributed by atoms with Gasteiger partial charge in [-0.3, -0.25) is 4.79 Å². The highest BCUT2D eigenvalue weighted by Crippen LogP contribution is 2.34. The van der Waals surface area contributed by atoms with Crippen molar-refractivity contribution in [3.05, 3.63) is 52.9 Å². The largest absolute Gasteiger partial charge is 0.481 e. The molecule has 0 radical (unpaired) electrons. The van der Waals surface area contributed by atoms with E-state index < -0.39 is 5.97 Å². The fourth-order valence-corrected chi connectivity index (χ4v) is 2.81. The van der Waals surface area contributed by atoms with Crippen molar-refractivity contribution in [3.8, 4) is 11.1 Å². The molecule has 0 saturated carbocycles. The lowest BCUT2D eigenvalue weighted by Crippen LogP contribution is -2.10. The second-order valence-electron chi connectivity index (χ2n) is 5.53. The number of rotatable bonds is 5. The van der Waals surface area contributed by atoms with Gasteiger partial charge < -0.3 is 10.4 Å². The molecular formula is C18H15ClFN3O2. The van der Waals surface area contributed by atoms with Gasteiger partial charge in [-0.15, -0.1) is 0 Å². The summed E-state index contributed by atoms with van der Waals surface area (Å²) in [6, 6.07) is 9.82. The number of aromatic nitrogens is 2. The third kappa shape index (κ3) is 3.69. The smallest absolute Gasteiger partial charge is 0.305 e. The summed E-state index contributed by atoms with van der Waals surface area (Å²) in [5, 5.41) is 12.8. The molecule has 0 amide bonds. The fourth-order valence-electron chi connectivity index (χ4n) is 2.55. The predicted octanol–water partition coefficient (Wildman–Crippen LogP) is 4.28. The number of halogens is 2. The molecule has 0 aliphatic heterocycles. The summed E-state index contributed by atoms with van der Waals surface area (Å²) < 4.78 is 14.1. The van der Waals surface area contributed by atoms with Gasteiger partial charge in [0, 0.05) is 28.1 Å². The first-order valence-corrected chi connectivity index (χ1v) is 8.02. The number of aliphatic carboxylic acids is 1. The summed E-state index contributed by atoms with van der Waals surface area (Å²) in [5.74, 6) is -0.943. The number of anilines is 1. The van der Waals surface area contributed by atoms with Crippen LogP contribution in [0.15, 0.2) is 36.4 Å². The zero-order valence-electron chi connectivity index (χ0n) is 13.4. The maximum atomic E-state index is 14.1. The third-order valence-electron chi connectivity index (χ3n) is 3.76. The van der Waals surface area contributed by atoms with E-state index in [1.807, 2.05) is 6.92 Å². The van der Waals surface area contributed by atoms with Crippen LogP contribution in [0.25, 0.3) is 22.0 Å². The van der Waals surface area contributed by atoms with Crippen LogP contribution in [0.3, 0.4) is 0 Å². The van der Waals surface area contributed by atoms with Crippen molar-refractivity contribution < 1.29 is 14.3 Å². The van der Waals surface area contributed by atoms with E-state index in [9.17, 15) is 9.18 Å². The van der Waals surface area contributed by atoms with Gasteiger partial charge in [0.05, 0.1) is 17.6 Å². The number of fused-ring (bicyclic) bond motifs is 1. The summed E-state index contributed by atoms with van der Waals surface area (Å²) in [7, 11) is 0. The molecule has 128 valence electrons. The summed E-state index contributed by atoms with van der Waals surface area (Å²) in [6.07, 6.45) is -0.0401. The van der Waals surface area contributed by atoms with E-state index in [0.717, 1.165) is 5.39 Å². The quantitative estimate of drug-likeness (QED) is 0.711. The number of carbonyl (C=O) groups is 1. The van der Waals surface area contributed by atoms with Gasteiger partial charge in [-0.2, -0.15) is 0 Å². The Morgan fingerprint density at radius 3 is 2.72 bits per heavy atom. The van der Waals surface area contributed by atoms with Gasteiger partial charge in [0.15, 0.2) is 0 Å². The Morgan fingerprint density at radius 2 is 2.00 bits per heavy atom. The van der Waals surface area contributed by atoms with Crippen molar-refractivity contribution in [1.82, 2.24) is 9.97 Å². The van der Waals surface area contributed by atoms with Crippen LogP contribution in [0.1, 0.15) is 12.1 Å². The lowest BCUT2D eigenvalue weighted by Gasteiger charge is -2.11. The van der Waals surface area contributed by atoms with Crippen LogP contribution in [0.4, 0.5) is 10.3 Å². The van der Waals surface area contributed by atoms with Crippen LogP contribution in [-0.4, -0.2) is 27.6 Å². The van der Waals surface area contributed by atoms with Gasteiger partial charge in [0.2, 0.25) is 5.95 Å². The molecule has 0 spiro atoms. The number of nitrogens with one attached hydrogen (secondary N) is 1. The van der Waals surface area contributed by atoms with Crippen molar-refractivity contribution in [2.45, 2.75) is 13.3 Å². The van der Waals surface area contributed by atoms with Gasteiger partial charge in [-0.1, -0.05) is 29.8 Å². The van der Waals surface area contributed by atoms with Gasteiger partial charge >= 0.3 is 5.97 Å². The number of benzene rings is 2. The first-order chi connectivity index (χ1) is 12.0. The van der Waals surface area contributed by atoms with Crippen molar-refractivity contribution >= 4 is 34.4 Å². The van der Waals surface area contributed by atoms with Crippen molar-refractivity contribution in [1.29, 1.82) is 0 Å². The monoisotopic (exact) mass is 359 g/mol. The zero-order valence-corrected chi connectivity index (χ0v) is 14.1. The molecule has 0 aliphatic carbocycles. The third-order valence-corrected chi connectivity index (χ3v) is 4.07. The molecule has 1 aromatic heterocycles. The molecule has 0 fully saturated rings. The Balaban J connectivity index is 2.05. The van der Waals surface area contributed by atoms with Gasteiger partial charge in [-0.05, 0) is 25.1 Å². The number of carboxylic acids is 1. The fraction of sp³-hybridized carbons (Fsp3) is 0.167. The summed E-state index contributed by atoms with van der Waals surface area (Å²) in [4.78, 5) is 19.3. The number of hydrogen-bond donors (Lipinski definition) is 2. The molecule has 5 nitrogen and oxygen atoms in total. The molecule has 3 rings (SSSR count). The Labute approximate surface area is 148 Å². The van der Waals surface area contributed by atoms with E-state index in [4.69, 9.17) is 16.7 Å². The maximum Gasteiger partial charge on any atom is 0.305 e. The van der Waals surface area contributed by atoms with E-state index in [1.165, 1.54) is 6.07 Å². The van der Waals surface area contributed by atoms with E-state index in [-0.39, 0.29) is 18.8 Å². The molecule has 1 heterocycles. The SMILES string of the molecule is Cc1nc(NCCC(=O)O)nc2cc(-c3ccccc3F)c(Cl)cc12. The van der Waals surface area contributed by atoms with Gasteiger partial charge in [-0.25, -0.2) is 14.4 Å². The van der Waals surface area contributed by atoms with Crippen molar-refractivity contribution in [3.63, 3.8) is 0 Å². The van der Waals surface area contributed by atoms with Crippen LogP contribution < -0.4 is 5.32 Å². The highest BCUT2D eigenvalue weighted by Gasteiger charge is 2.13. The summed E-state index contributed by atoms with van der Waals surface area (Å²) in [5.41, 5.74) is 2.24. The van der Waals surface area contributed by atoms with E-state index in [2.05, 4.69) is 15.3 Å². The van der Waals surface area contributed by atoms with Crippen LogP contribution >= 0.6 is 11.6 Å². The number of nitrogens with zero attached hydrogens (tertiary/aromatic N) is 2. The summed E-state index contributed by atoms with van der Waals surface area (Å²) in [6.45, 7) is 2.03. The highest BCUT2D eigenvalue weighted by molar-refractivity contribution is 6.34. The molecule has 7 heteroatoms. The second-order valence-corrected chi connectivity index (χ2v) is 5.94. The van der Waals surface area contributed by atoms with E-state index >= 15 is 0 Å². The van der Waals surface area contributed by atoms with Gasteiger partial charge in [0.25, 0.3) is 0 Å². The lowest BCUT2D eigenvalue weighted by atomic mass is 10.0. The minimum absolute atomic E-state index is 0.0401. The Morgan fingerprint density at radius 1 is 1.24 bits per heavy atom. The molecule has 0 saturated heterocycles. The minimum atomic E-state index is -0.904. The van der Waals surface area contributed by atoms with Crippen molar-refractivity contribution in [2.75, 3.05) is 11.9 Å². The molecular weight excluding hydrogens is 345 g/mol. The number of carboxylic acid groups (broad SMARTS) is 1. The molecule has 0 bridgehead atoms. The Bertz CT molecular complexity index is 962. The first-order valence-electron chi connectivity index (χ1n) is 7.64. The second kappa shape index (κ2) is 7.03. The van der Waals surface area contributed by atoms with Crippen molar-refractivity contribution in [2.24, 2.45) is 0 Å². The zero-order chi connectivity index (χ0) is 18.0. The highest BCUT2D eigenvalue weighted by atomic mass is 35.5. The minimum Gasteiger partial charge on any atom is -0.481 e. The van der Waals surface area contributed by atoms with E-state index in [1.54, 1.807) is 30.3 Å². The lowest BCUT2D eigenvalue weighted by molar-refractivity contribution is -0.136. The molecule has 0 atom stereocenters. The van der Waals surface area contributed by atoms with Crippen LogP contribution in [0.2, 0.25) is 5.02 Å². The molecule has 25 heavy (non-hydrogen) atoms. The molecule has 0 unspecified atom stereocenters. The predicted molar refractivity (Wildman–Crippen MR) is 95.4 cm³/mol. The average Bonchev–Trinajstić information content (AvgIpc) is 2.55. The summed E-state index contributed by atoms with van der Waals surface area (Å²) >= 11 is 6.34. The average molecular weight is 360 g/mol. The maximum absolute atomic E-state index is 14.1. The molecule has 3 aromatic rings. The number of hydrogen-bond acceptors (Lipinski definition) is 4. The standard InChI is InChI=1S/C18H15ClFN3O2/c1-10-12-8-14(19)13(11-4-2-3-5-15(11)20)9-16(12)23-18(22-10)21-7-6-17(24)25/h2-5,8-9H,6-7H2,1H3,(H,24,25)(H,21,22,23).